The van der Waals surface area contributed by atoms with Crippen molar-refractivity contribution in [3.63, 3.8) is 0 Å². The Bertz CT molecular complexity index is 1210. The van der Waals surface area contributed by atoms with E-state index in [-0.39, 0.29) is 10.8 Å². The van der Waals surface area contributed by atoms with Gasteiger partial charge in [-0.25, -0.2) is 9.97 Å². The molecule has 0 saturated carbocycles. The van der Waals surface area contributed by atoms with Crippen LogP contribution in [-0.2, 0) is 10.8 Å². The zero-order valence-corrected chi connectivity index (χ0v) is 19.6. The molecule has 3 heteroatoms. The molecule has 0 aliphatic carbocycles. The van der Waals surface area contributed by atoms with Crippen LogP contribution in [0.4, 0.5) is 5.69 Å². The molecule has 31 heavy (non-hydrogen) atoms. The van der Waals surface area contributed by atoms with Crippen molar-refractivity contribution >= 4 is 27.2 Å². The van der Waals surface area contributed by atoms with E-state index in [4.69, 9.17) is 0 Å². The van der Waals surface area contributed by atoms with Gasteiger partial charge in [-0.2, -0.15) is 0 Å². The molecule has 3 aromatic carbocycles. The van der Waals surface area contributed by atoms with Gasteiger partial charge < -0.3 is 4.90 Å². The van der Waals surface area contributed by atoms with E-state index in [9.17, 15) is 0 Å². The molecule has 0 unspecified atom stereocenters. The van der Waals surface area contributed by atoms with E-state index in [0.29, 0.717) is 0 Å². The molecule has 0 radical (unpaired) electrons. The molecule has 0 N–H and O–H groups in total. The highest BCUT2D eigenvalue weighted by atomic mass is 15.1. The minimum atomic E-state index is 0.0252. The molecule has 4 rings (SSSR count). The molecule has 0 aliphatic rings. The van der Waals surface area contributed by atoms with E-state index in [1.165, 1.54) is 32.8 Å². The van der Waals surface area contributed by atoms with Gasteiger partial charge in [-0.1, -0.05) is 52.0 Å². The number of hydrogen-bond acceptors (Lipinski definition) is 3. The number of hydrogen-bond donors (Lipinski definition) is 0. The van der Waals surface area contributed by atoms with Crippen molar-refractivity contribution in [3.8, 4) is 0 Å². The smallest absolute Gasteiger partial charge is 0.115 e. The molecular formula is C28H33N3. The molecule has 0 atom stereocenters. The fraction of sp³-hybridized carbons (Fsp3) is 0.357. The molecular weight excluding hydrogens is 378 g/mol. The summed E-state index contributed by atoms with van der Waals surface area (Å²) >= 11 is 0. The number of nitrogens with zero attached hydrogens (tertiary/aromatic N) is 3. The number of rotatable bonds is 6. The highest BCUT2D eigenvalue weighted by Gasteiger charge is 2.28. The summed E-state index contributed by atoms with van der Waals surface area (Å²) in [5.74, 6) is 0. The van der Waals surface area contributed by atoms with Crippen LogP contribution in [0.3, 0.4) is 0 Å². The third-order valence-electron chi connectivity index (χ3n) is 6.73. The minimum absolute atomic E-state index is 0.0252. The topological polar surface area (TPSA) is 29.0 Å². The molecule has 0 aliphatic heterocycles. The second-order valence-electron chi connectivity index (χ2n) is 10.2. The molecule has 0 bridgehead atoms. The Balaban J connectivity index is 1.61. The molecule has 0 spiro atoms. The van der Waals surface area contributed by atoms with Crippen LogP contribution in [0.5, 0.6) is 0 Å². The van der Waals surface area contributed by atoms with Gasteiger partial charge in [-0.3, -0.25) is 0 Å². The van der Waals surface area contributed by atoms with Gasteiger partial charge in [0.05, 0.1) is 0 Å². The Morgan fingerprint density at radius 2 is 1.35 bits per heavy atom. The maximum absolute atomic E-state index is 4.50. The van der Waals surface area contributed by atoms with Crippen LogP contribution in [-0.4, -0.2) is 24.1 Å². The number of aromatic nitrogens is 2. The third kappa shape index (κ3) is 4.41. The van der Waals surface area contributed by atoms with E-state index in [1.807, 2.05) is 12.3 Å². The van der Waals surface area contributed by atoms with Gasteiger partial charge in [0.15, 0.2) is 0 Å². The average Bonchev–Trinajstić information content (AvgIpc) is 2.76. The number of anilines is 1. The molecule has 1 aromatic heterocycles. The van der Waals surface area contributed by atoms with Gasteiger partial charge in [-0.15, -0.1) is 0 Å². The van der Waals surface area contributed by atoms with Crippen LogP contribution < -0.4 is 4.90 Å². The molecule has 0 amide bonds. The van der Waals surface area contributed by atoms with Crippen LogP contribution >= 0.6 is 0 Å². The van der Waals surface area contributed by atoms with Gasteiger partial charge >= 0.3 is 0 Å². The SMILES string of the molecule is CN(C)c1ccc2cc3cc(C(C)(C)CCC(C)(C)c4ccncn4)ccc3cc2c1. The van der Waals surface area contributed by atoms with Crippen molar-refractivity contribution in [2.75, 3.05) is 19.0 Å². The zero-order valence-electron chi connectivity index (χ0n) is 19.6. The first-order chi connectivity index (χ1) is 14.7. The first-order valence-corrected chi connectivity index (χ1v) is 11.1. The second-order valence-corrected chi connectivity index (χ2v) is 10.2. The van der Waals surface area contributed by atoms with Crippen LogP contribution in [0.1, 0.15) is 51.8 Å². The normalized spacial score (nSPS) is 12.5. The second kappa shape index (κ2) is 7.96. The molecule has 3 nitrogen and oxygen atoms in total. The fourth-order valence-corrected chi connectivity index (χ4v) is 4.27. The lowest BCUT2D eigenvalue weighted by atomic mass is 9.74. The van der Waals surface area contributed by atoms with E-state index in [1.54, 1.807) is 6.33 Å². The quantitative estimate of drug-likeness (QED) is 0.324. The van der Waals surface area contributed by atoms with Crippen molar-refractivity contribution in [2.45, 2.75) is 51.4 Å². The van der Waals surface area contributed by atoms with Gasteiger partial charge in [0, 0.05) is 37.1 Å². The van der Waals surface area contributed by atoms with Crippen LogP contribution in [0, 0.1) is 0 Å². The molecule has 4 aromatic rings. The summed E-state index contributed by atoms with van der Waals surface area (Å²) in [4.78, 5) is 10.7. The first-order valence-electron chi connectivity index (χ1n) is 11.1. The van der Waals surface area contributed by atoms with E-state index in [0.717, 1.165) is 18.5 Å². The van der Waals surface area contributed by atoms with E-state index in [2.05, 4.69) is 105 Å². The Morgan fingerprint density at radius 3 is 2.00 bits per heavy atom. The summed E-state index contributed by atoms with van der Waals surface area (Å²) in [6, 6.07) is 20.3. The van der Waals surface area contributed by atoms with Crippen LogP contribution in [0.25, 0.3) is 21.5 Å². The van der Waals surface area contributed by atoms with Crippen molar-refractivity contribution in [1.82, 2.24) is 9.97 Å². The fourth-order valence-electron chi connectivity index (χ4n) is 4.27. The Labute approximate surface area is 186 Å². The summed E-state index contributed by atoms with van der Waals surface area (Å²) < 4.78 is 0. The molecule has 0 saturated heterocycles. The average molecular weight is 412 g/mol. The third-order valence-corrected chi connectivity index (χ3v) is 6.73. The Hall–Kier alpha value is -2.94. The van der Waals surface area contributed by atoms with Crippen LogP contribution in [0.2, 0.25) is 0 Å². The lowest BCUT2D eigenvalue weighted by molar-refractivity contribution is 0.369. The monoisotopic (exact) mass is 411 g/mol. The van der Waals surface area contributed by atoms with Crippen molar-refractivity contribution < 1.29 is 0 Å². The van der Waals surface area contributed by atoms with Gasteiger partial charge in [0.25, 0.3) is 0 Å². The number of benzene rings is 3. The highest BCUT2D eigenvalue weighted by molar-refractivity contribution is 5.99. The number of fused-ring (bicyclic) bond motifs is 2. The summed E-state index contributed by atoms with van der Waals surface area (Å²) in [5.41, 5.74) is 3.85. The van der Waals surface area contributed by atoms with E-state index < -0.39 is 0 Å². The summed E-state index contributed by atoms with van der Waals surface area (Å²) in [5, 5.41) is 5.19. The predicted molar refractivity (Wildman–Crippen MR) is 133 cm³/mol. The Morgan fingerprint density at radius 1 is 0.710 bits per heavy atom. The molecule has 160 valence electrons. The van der Waals surface area contributed by atoms with Gasteiger partial charge in [0.2, 0.25) is 0 Å². The van der Waals surface area contributed by atoms with Crippen molar-refractivity contribution in [2.24, 2.45) is 0 Å². The van der Waals surface area contributed by atoms with Gasteiger partial charge in [0.1, 0.15) is 6.33 Å². The zero-order chi connectivity index (χ0) is 22.2. The Kier molecular flexibility index (Phi) is 5.47. The largest absolute Gasteiger partial charge is 0.378 e. The lowest BCUT2D eigenvalue weighted by Gasteiger charge is -2.31. The van der Waals surface area contributed by atoms with Crippen LogP contribution in [0.15, 0.2) is 67.1 Å². The summed E-state index contributed by atoms with van der Waals surface area (Å²) in [6.45, 7) is 9.27. The summed E-state index contributed by atoms with van der Waals surface area (Å²) in [7, 11) is 4.17. The first kappa shape index (κ1) is 21.3. The maximum atomic E-state index is 4.50. The standard InChI is InChI=1S/C28H33N3/c1-27(2,12-13-28(3,4)26-11-14-29-19-30-26)24-9-7-20-16-23-18-25(31(5)6)10-8-21(23)15-22(20)17-24/h7-11,14-19H,12-13H2,1-6H3. The lowest BCUT2D eigenvalue weighted by Crippen LogP contribution is -2.25. The summed E-state index contributed by atoms with van der Waals surface area (Å²) in [6.07, 6.45) is 5.65. The maximum Gasteiger partial charge on any atom is 0.115 e. The van der Waals surface area contributed by atoms with Gasteiger partial charge in [-0.05, 0) is 75.7 Å². The minimum Gasteiger partial charge on any atom is -0.378 e. The highest BCUT2D eigenvalue weighted by Crippen LogP contribution is 2.37. The van der Waals surface area contributed by atoms with Crippen molar-refractivity contribution in [3.05, 3.63) is 78.4 Å². The molecule has 1 heterocycles. The predicted octanol–water partition coefficient (Wildman–Crippen LogP) is 6.88. The molecule has 0 fully saturated rings. The van der Waals surface area contributed by atoms with Crippen molar-refractivity contribution in [1.29, 1.82) is 0 Å². The van der Waals surface area contributed by atoms with E-state index >= 15 is 0 Å².